The number of rotatable bonds is 12. The van der Waals surface area contributed by atoms with Crippen LogP contribution in [0.3, 0.4) is 0 Å². The van der Waals surface area contributed by atoms with Gasteiger partial charge in [0.2, 0.25) is 0 Å². The Morgan fingerprint density at radius 3 is 2.33 bits per heavy atom. The molecule has 2 aromatic carbocycles. The fraction of sp³-hybridized carbons (Fsp3) is 0.394. The van der Waals surface area contributed by atoms with Crippen LogP contribution in [0.1, 0.15) is 61.9 Å². The van der Waals surface area contributed by atoms with Crippen LogP contribution in [-0.4, -0.2) is 74.5 Å². The molecule has 43 heavy (non-hydrogen) atoms. The van der Waals surface area contributed by atoms with E-state index in [0.717, 1.165) is 44.2 Å². The highest BCUT2D eigenvalue weighted by molar-refractivity contribution is 6.04. The largest absolute Gasteiger partial charge is 0.493 e. The van der Waals surface area contributed by atoms with Crippen molar-refractivity contribution in [1.82, 2.24) is 9.80 Å². The maximum atomic E-state index is 13.2. The molecule has 0 aromatic heterocycles. The number of methoxy groups -OCH3 is 2. The Morgan fingerprint density at radius 2 is 1.67 bits per heavy atom. The summed E-state index contributed by atoms with van der Waals surface area (Å²) in [6, 6.07) is 7.03. The number of benzene rings is 2. The lowest BCUT2D eigenvalue weighted by Crippen LogP contribution is -2.32. The van der Waals surface area contributed by atoms with Gasteiger partial charge in [0.15, 0.2) is 23.0 Å². The number of amidine groups is 1. The molecule has 2 aromatic rings. The fourth-order valence-electron chi connectivity index (χ4n) is 5.46. The highest BCUT2D eigenvalue weighted by Crippen LogP contribution is 2.39. The molecule has 0 radical (unpaired) electrons. The monoisotopic (exact) mass is 585 g/mol. The van der Waals surface area contributed by atoms with E-state index in [9.17, 15) is 4.79 Å². The van der Waals surface area contributed by atoms with Crippen molar-refractivity contribution < 1.29 is 23.7 Å². The van der Waals surface area contributed by atoms with Gasteiger partial charge in [-0.3, -0.25) is 20.2 Å². The number of aliphatic imine (C=N–C) groups is 2. The number of amides is 1. The molecule has 0 fully saturated rings. The van der Waals surface area contributed by atoms with Crippen molar-refractivity contribution in [2.75, 3.05) is 34.0 Å². The minimum absolute atomic E-state index is 0.0554. The number of carbonyl (C=O) groups is 1. The van der Waals surface area contributed by atoms with Crippen molar-refractivity contribution in [3.05, 3.63) is 58.9 Å². The molecule has 3 aliphatic rings. The highest BCUT2D eigenvalue weighted by atomic mass is 16.5. The van der Waals surface area contributed by atoms with Crippen LogP contribution in [0.15, 0.2) is 57.8 Å². The van der Waals surface area contributed by atoms with Gasteiger partial charge in [-0.05, 0) is 64.8 Å². The summed E-state index contributed by atoms with van der Waals surface area (Å²) in [4.78, 5) is 25.6. The predicted octanol–water partition coefficient (Wildman–Crippen LogP) is 6.43. The molecule has 3 aliphatic heterocycles. The Hall–Kier alpha value is -4.60. The molecular weight excluding hydrogens is 546 g/mol. The van der Waals surface area contributed by atoms with E-state index in [0.29, 0.717) is 64.5 Å². The van der Waals surface area contributed by atoms with Crippen LogP contribution in [0, 0.1) is 5.41 Å². The third-order valence-corrected chi connectivity index (χ3v) is 7.80. The first-order chi connectivity index (χ1) is 20.8. The molecule has 0 saturated heterocycles. The molecule has 10 nitrogen and oxygen atoms in total. The topological polar surface area (TPSA) is 109 Å². The number of nitrogens with zero attached hydrogens (tertiary/aromatic N) is 4. The summed E-state index contributed by atoms with van der Waals surface area (Å²) in [7, 11) is 3.16. The zero-order valence-corrected chi connectivity index (χ0v) is 25.3. The molecule has 1 unspecified atom stereocenters. The van der Waals surface area contributed by atoms with Gasteiger partial charge in [0.05, 0.1) is 50.4 Å². The summed E-state index contributed by atoms with van der Waals surface area (Å²) >= 11 is 0. The summed E-state index contributed by atoms with van der Waals surface area (Å²) in [5.74, 6) is 2.48. The first-order valence-electron chi connectivity index (χ1n) is 14.6. The van der Waals surface area contributed by atoms with Gasteiger partial charge < -0.3 is 28.7 Å². The molecule has 3 heterocycles. The van der Waals surface area contributed by atoms with Gasteiger partial charge in [0.1, 0.15) is 5.84 Å². The molecule has 1 amide bonds. The second-order valence-electron chi connectivity index (χ2n) is 11.0. The van der Waals surface area contributed by atoms with Crippen LogP contribution in [0.25, 0.3) is 0 Å². The number of unbranched alkanes of at least 4 members (excludes halogenated alkanes) is 2. The molecule has 1 N–H and O–H groups in total. The Kier molecular flexibility index (Phi) is 9.13. The standard InChI is InChI=1S/C33H39N5O5/c1-21-9-10-37(19-21)32(34)24-14-28(40-4)30(16-26(24)35-3)42-11-7-6-8-12-43-31-17-27-25(15-29(31)41-5)33(39)38-20-22(2)13-23(38)18-36-27/h14-20,23,34H,3,6-13H2,1-2,4-5H3. The van der Waals surface area contributed by atoms with Gasteiger partial charge in [0.25, 0.3) is 5.91 Å². The van der Waals surface area contributed by atoms with E-state index in [1.165, 1.54) is 5.57 Å². The number of carbonyl (C=O) groups excluding carboxylic acids is 1. The van der Waals surface area contributed by atoms with Crippen molar-refractivity contribution in [2.24, 2.45) is 9.98 Å². The van der Waals surface area contributed by atoms with E-state index in [4.69, 9.17) is 24.4 Å². The van der Waals surface area contributed by atoms with E-state index < -0.39 is 0 Å². The van der Waals surface area contributed by atoms with Crippen molar-refractivity contribution >= 4 is 36.0 Å². The average Bonchev–Trinajstić information content (AvgIpc) is 3.60. The van der Waals surface area contributed by atoms with Crippen LogP contribution in [0.4, 0.5) is 11.4 Å². The first-order valence-corrected chi connectivity index (χ1v) is 14.6. The summed E-state index contributed by atoms with van der Waals surface area (Å²) in [6.07, 6.45) is 9.95. The van der Waals surface area contributed by atoms with Crippen molar-refractivity contribution in [3.8, 4) is 23.0 Å². The maximum Gasteiger partial charge on any atom is 0.260 e. The molecule has 0 bridgehead atoms. The zero-order chi connectivity index (χ0) is 30.5. The lowest BCUT2D eigenvalue weighted by molar-refractivity contribution is 0.0817. The number of fused-ring (bicyclic) bond motifs is 2. The third-order valence-electron chi connectivity index (χ3n) is 7.80. The Labute approximate surface area is 252 Å². The second kappa shape index (κ2) is 13.1. The molecule has 226 valence electrons. The van der Waals surface area contributed by atoms with Gasteiger partial charge >= 0.3 is 0 Å². The normalized spacial score (nSPS) is 17.1. The molecule has 5 rings (SSSR count). The molecule has 1 atom stereocenters. The summed E-state index contributed by atoms with van der Waals surface area (Å²) < 4.78 is 23.2. The quantitative estimate of drug-likeness (QED) is 0.175. The van der Waals surface area contributed by atoms with Crippen LogP contribution >= 0.6 is 0 Å². The van der Waals surface area contributed by atoms with Gasteiger partial charge in [-0.15, -0.1) is 0 Å². The lowest BCUT2D eigenvalue weighted by atomic mass is 10.1. The van der Waals surface area contributed by atoms with Crippen LogP contribution < -0.4 is 18.9 Å². The van der Waals surface area contributed by atoms with Gasteiger partial charge in [0, 0.05) is 42.9 Å². The number of ether oxygens (including phenoxy) is 4. The smallest absolute Gasteiger partial charge is 0.260 e. The summed E-state index contributed by atoms with van der Waals surface area (Å²) in [6.45, 7) is 9.53. The Balaban J connectivity index is 1.13. The van der Waals surface area contributed by atoms with E-state index in [2.05, 4.69) is 23.6 Å². The second-order valence-corrected chi connectivity index (χ2v) is 11.0. The predicted molar refractivity (Wildman–Crippen MR) is 168 cm³/mol. The molecule has 0 saturated carbocycles. The molecule has 10 heteroatoms. The van der Waals surface area contributed by atoms with Crippen LogP contribution in [-0.2, 0) is 0 Å². The summed E-state index contributed by atoms with van der Waals surface area (Å²) in [5.41, 5.74) is 4.72. The van der Waals surface area contributed by atoms with E-state index >= 15 is 0 Å². The van der Waals surface area contributed by atoms with Gasteiger partial charge in [-0.2, -0.15) is 0 Å². The van der Waals surface area contributed by atoms with Crippen molar-refractivity contribution in [2.45, 2.75) is 52.0 Å². The molecule has 0 aliphatic carbocycles. The molecular formula is C33H39N5O5. The number of hydrogen-bond donors (Lipinski definition) is 1. The third kappa shape index (κ3) is 6.43. The minimum atomic E-state index is -0.0847. The van der Waals surface area contributed by atoms with Gasteiger partial charge in [-0.25, -0.2) is 0 Å². The van der Waals surface area contributed by atoms with Crippen LogP contribution in [0.2, 0.25) is 0 Å². The van der Waals surface area contributed by atoms with E-state index in [-0.39, 0.29) is 11.9 Å². The fourth-order valence-corrected chi connectivity index (χ4v) is 5.46. The van der Waals surface area contributed by atoms with Crippen molar-refractivity contribution in [3.63, 3.8) is 0 Å². The SMILES string of the molecule is C=Nc1cc(OCCCCCOc2cc3c(cc2OC)C(=O)N2C=C(C)CC2C=N3)c(OC)cc1C(=N)N1C=C(C)CC1. The van der Waals surface area contributed by atoms with Crippen LogP contribution in [0.5, 0.6) is 23.0 Å². The number of nitrogens with one attached hydrogen (secondary N) is 1. The zero-order valence-electron chi connectivity index (χ0n) is 25.3. The van der Waals surface area contributed by atoms with E-state index in [1.807, 2.05) is 30.4 Å². The minimum Gasteiger partial charge on any atom is -0.493 e. The molecule has 0 spiro atoms. The maximum absolute atomic E-state index is 13.2. The lowest BCUT2D eigenvalue weighted by Gasteiger charge is -2.20. The highest BCUT2D eigenvalue weighted by Gasteiger charge is 2.32. The first kappa shape index (κ1) is 29.9. The number of hydrogen-bond acceptors (Lipinski definition) is 8. The van der Waals surface area contributed by atoms with Gasteiger partial charge in [-0.1, -0.05) is 11.1 Å². The van der Waals surface area contributed by atoms with E-state index in [1.54, 1.807) is 43.4 Å². The average molecular weight is 586 g/mol. The van der Waals surface area contributed by atoms with Crippen molar-refractivity contribution in [1.29, 1.82) is 5.41 Å². The summed E-state index contributed by atoms with van der Waals surface area (Å²) in [5, 5.41) is 8.67. The Morgan fingerprint density at radius 1 is 0.977 bits per heavy atom. The Bertz CT molecular complexity index is 1510.